The van der Waals surface area contributed by atoms with Crippen LogP contribution in [0.15, 0.2) is 53.5 Å². The molecule has 1 aliphatic carbocycles. The average molecular weight is 541 g/mol. The van der Waals surface area contributed by atoms with Gasteiger partial charge in [0.2, 0.25) is 11.8 Å². The summed E-state index contributed by atoms with van der Waals surface area (Å²) in [5.41, 5.74) is 7.48. The highest BCUT2D eigenvalue weighted by Crippen LogP contribution is 2.28. The summed E-state index contributed by atoms with van der Waals surface area (Å²) >= 11 is 0. The molecule has 0 aliphatic heterocycles. The topological polar surface area (TPSA) is 143 Å². The van der Waals surface area contributed by atoms with Crippen molar-refractivity contribution >= 4 is 23.7 Å². The van der Waals surface area contributed by atoms with Gasteiger partial charge in [-0.05, 0) is 42.0 Å². The first kappa shape index (κ1) is 29.6. The molecule has 0 bridgehead atoms. The Labute approximate surface area is 228 Å². The van der Waals surface area contributed by atoms with E-state index in [1.165, 1.54) is 19.2 Å². The predicted octanol–water partition coefficient (Wildman–Crippen LogP) is 3.55. The van der Waals surface area contributed by atoms with Gasteiger partial charge in [0.1, 0.15) is 6.04 Å². The molecule has 39 heavy (non-hydrogen) atoms. The number of carboxylic acid groups (broad SMARTS) is 1. The fraction of sp³-hybridized carbons (Fsp3) is 0.448. The molecule has 0 spiro atoms. The van der Waals surface area contributed by atoms with E-state index >= 15 is 0 Å². The van der Waals surface area contributed by atoms with Crippen LogP contribution in [0.25, 0.3) is 0 Å². The number of ether oxygens (including phenoxy) is 1. The second-order valence-electron chi connectivity index (χ2n) is 9.93. The predicted molar refractivity (Wildman–Crippen MR) is 145 cm³/mol. The number of aliphatic imine (C=N–C) groups is 1. The number of rotatable bonds is 12. The van der Waals surface area contributed by atoms with Crippen LogP contribution >= 0.6 is 0 Å². The van der Waals surface area contributed by atoms with Gasteiger partial charge in [-0.2, -0.15) is 0 Å². The molecular formula is C29H37FN4O5. The van der Waals surface area contributed by atoms with Crippen LogP contribution < -0.4 is 21.1 Å². The molecule has 3 rings (SSSR count). The Morgan fingerprint density at radius 3 is 2.49 bits per heavy atom. The van der Waals surface area contributed by atoms with Gasteiger partial charge in [-0.3, -0.25) is 19.7 Å². The Hall–Kier alpha value is -3.95. The summed E-state index contributed by atoms with van der Waals surface area (Å²) in [6.07, 6.45) is 5.69. The third-order valence-electron chi connectivity index (χ3n) is 6.93. The van der Waals surface area contributed by atoms with Crippen LogP contribution in [0.5, 0.6) is 5.75 Å². The fourth-order valence-corrected chi connectivity index (χ4v) is 4.84. The number of hydrogen-bond acceptors (Lipinski definition) is 5. The van der Waals surface area contributed by atoms with Crippen LogP contribution in [0, 0.1) is 17.7 Å². The number of halogens is 1. The molecule has 1 aliphatic rings. The van der Waals surface area contributed by atoms with Gasteiger partial charge in [-0.25, -0.2) is 9.38 Å². The van der Waals surface area contributed by atoms with Gasteiger partial charge < -0.3 is 20.9 Å². The molecule has 9 nitrogen and oxygen atoms in total. The van der Waals surface area contributed by atoms with Crippen molar-refractivity contribution in [3.63, 3.8) is 0 Å². The zero-order valence-corrected chi connectivity index (χ0v) is 22.2. The van der Waals surface area contributed by atoms with Crippen molar-refractivity contribution < 1.29 is 28.6 Å². The number of nitrogens with zero attached hydrogens (tertiary/aromatic N) is 1. The Bertz CT molecular complexity index is 1150. The van der Waals surface area contributed by atoms with Gasteiger partial charge in [0.05, 0.1) is 13.0 Å². The van der Waals surface area contributed by atoms with Crippen LogP contribution in [0.3, 0.4) is 0 Å². The first-order chi connectivity index (χ1) is 18.7. The van der Waals surface area contributed by atoms with Crippen molar-refractivity contribution in [2.45, 2.75) is 64.0 Å². The SMILES string of the molecule is COc1cc(CNC(=O)[C@@H](CC2CCCCC2)N=C(N)NC(=O)C[C@H](Cc2ccccc2)C(=O)O)ccc1F. The van der Waals surface area contributed by atoms with E-state index in [0.717, 1.165) is 37.7 Å². The third kappa shape index (κ3) is 9.70. The van der Waals surface area contributed by atoms with Crippen LogP contribution in [0.1, 0.15) is 56.1 Å². The van der Waals surface area contributed by atoms with E-state index in [1.807, 2.05) is 18.2 Å². The molecule has 2 aromatic carbocycles. The van der Waals surface area contributed by atoms with Gasteiger partial charge in [0, 0.05) is 13.0 Å². The molecule has 2 aromatic rings. The maximum atomic E-state index is 13.7. The lowest BCUT2D eigenvalue weighted by molar-refractivity contribution is -0.143. The van der Waals surface area contributed by atoms with Gasteiger partial charge in [-0.1, -0.05) is 68.5 Å². The molecule has 1 saturated carbocycles. The molecular weight excluding hydrogens is 503 g/mol. The summed E-state index contributed by atoms with van der Waals surface area (Å²) in [4.78, 5) is 41.8. The number of benzene rings is 2. The van der Waals surface area contributed by atoms with Crippen molar-refractivity contribution in [2.24, 2.45) is 22.6 Å². The van der Waals surface area contributed by atoms with E-state index < -0.39 is 29.7 Å². The lowest BCUT2D eigenvalue weighted by atomic mass is 9.84. The smallest absolute Gasteiger partial charge is 0.307 e. The number of nitrogens with two attached hydrogens (primary N) is 1. The van der Waals surface area contributed by atoms with Gasteiger partial charge in [0.15, 0.2) is 17.5 Å². The van der Waals surface area contributed by atoms with Crippen molar-refractivity contribution in [1.29, 1.82) is 0 Å². The number of aliphatic carboxylic acids is 1. The zero-order chi connectivity index (χ0) is 28.2. The number of carbonyl (C=O) groups is 3. The summed E-state index contributed by atoms with van der Waals surface area (Å²) in [5.74, 6) is -3.32. The second-order valence-corrected chi connectivity index (χ2v) is 9.93. The standard InChI is InChI=1S/C29H37FN4O5/c1-39-25-16-21(12-13-23(25)30)18-32-27(36)24(15-20-10-6-3-7-11-20)33-29(31)34-26(35)17-22(28(37)38)14-19-8-4-2-5-9-19/h2,4-5,8-9,12-13,16,20,22,24H,3,6-7,10-11,14-15,17-18H2,1H3,(H,32,36)(H,37,38)(H3,31,33,34,35)/t22-,24+/m0/s1. The maximum absolute atomic E-state index is 13.7. The Balaban J connectivity index is 1.65. The van der Waals surface area contributed by atoms with E-state index in [-0.39, 0.29) is 37.0 Å². The van der Waals surface area contributed by atoms with Crippen molar-refractivity contribution in [2.75, 3.05) is 7.11 Å². The molecule has 1 fully saturated rings. The van der Waals surface area contributed by atoms with Crippen molar-refractivity contribution in [3.8, 4) is 5.75 Å². The van der Waals surface area contributed by atoms with Crippen LogP contribution in [0.2, 0.25) is 0 Å². The van der Waals surface area contributed by atoms with Crippen LogP contribution in [-0.4, -0.2) is 42.0 Å². The average Bonchev–Trinajstić information content (AvgIpc) is 2.92. The summed E-state index contributed by atoms with van der Waals surface area (Å²) in [6, 6.07) is 12.6. The van der Waals surface area contributed by atoms with Gasteiger partial charge in [-0.15, -0.1) is 0 Å². The molecule has 0 heterocycles. The molecule has 0 saturated heterocycles. The molecule has 0 unspecified atom stereocenters. The number of guanidine groups is 1. The van der Waals surface area contributed by atoms with E-state index in [9.17, 15) is 23.9 Å². The van der Waals surface area contributed by atoms with E-state index in [4.69, 9.17) is 10.5 Å². The molecule has 0 aromatic heterocycles. The number of hydrogen-bond donors (Lipinski definition) is 4. The molecule has 2 atom stereocenters. The van der Waals surface area contributed by atoms with Crippen molar-refractivity contribution in [1.82, 2.24) is 10.6 Å². The lowest BCUT2D eigenvalue weighted by Crippen LogP contribution is -2.42. The Morgan fingerprint density at radius 2 is 1.82 bits per heavy atom. The summed E-state index contributed by atoms with van der Waals surface area (Å²) in [6.45, 7) is 0.137. The summed E-state index contributed by atoms with van der Waals surface area (Å²) in [7, 11) is 1.37. The minimum Gasteiger partial charge on any atom is -0.494 e. The highest BCUT2D eigenvalue weighted by molar-refractivity contribution is 5.98. The molecule has 10 heteroatoms. The summed E-state index contributed by atoms with van der Waals surface area (Å²) < 4.78 is 18.7. The highest BCUT2D eigenvalue weighted by Gasteiger charge is 2.26. The van der Waals surface area contributed by atoms with Crippen LogP contribution in [0.4, 0.5) is 4.39 Å². The minimum atomic E-state index is -1.09. The number of amides is 2. The normalized spacial score (nSPS) is 15.7. The first-order valence-electron chi connectivity index (χ1n) is 13.2. The van der Waals surface area contributed by atoms with Crippen molar-refractivity contribution in [3.05, 3.63) is 65.5 Å². The van der Waals surface area contributed by atoms with Gasteiger partial charge in [0.25, 0.3) is 0 Å². The largest absolute Gasteiger partial charge is 0.494 e. The molecule has 5 N–H and O–H groups in total. The Morgan fingerprint density at radius 1 is 1.10 bits per heavy atom. The lowest BCUT2D eigenvalue weighted by Gasteiger charge is -2.24. The molecule has 0 radical (unpaired) electrons. The summed E-state index contributed by atoms with van der Waals surface area (Å²) in [5, 5.41) is 14.9. The number of nitrogens with one attached hydrogen (secondary N) is 2. The maximum Gasteiger partial charge on any atom is 0.307 e. The second kappa shape index (κ2) is 14.8. The van der Waals surface area contributed by atoms with E-state index in [1.54, 1.807) is 18.2 Å². The monoisotopic (exact) mass is 540 g/mol. The Kier molecular flexibility index (Phi) is 11.3. The first-order valence-corrected chi connectivity index (χ1v) is 13.2. The third-order valence-corrected chi connectivity index (χ3v) is 6.93. The minimum absolute atomic E-state index is 0.0809. The van der Waals surface area contributed by atoms with E-state index in [2.05, 4.69) is 15.6 Å². The number of methoxy groups -OCH3 is 1. The van der Waals surface area contributed by atoms with E-state index in [0.29, 0.717) is 17.9 Å². The van der Waals surface area contributed by atoms with Crippen LogP contribution in [-0.2, 0) is 27.3 Å². The zero-order valence-electron chi connectivity index (χ0n) is 22.2. The number of carbonyl (C=O) groups excluding carboxylic acids is 2. The highest BCUT2D eigenvalue weighted by atomic mass is 19.1. The number of carboxylic acids is 1. The fourth-order valence-electron chi connectivity index (χ4n) is 4.84. The molecule has 2 amide bonds. The quantitative estimate of drug-likeness (QED) is 0.240. The molecule has 210 valence electrons. The van der Waals surface area contributed by atoms with Gasteiger partial charge >= 0.3 is 5.97 Å².